The van der Waals surface area contributed by atoms with E-state index in [-0.39, 0.29) is 0 Å². The average Bonchev–Trinajstić information content (AvgIpc) is 2.68. The highest BCUT2D eigenvalue weighted by Gasteiger charge is 2.21. The summed E-state index contributed by atoms with van der Waals surface area (Å²) in [5.74, 6) is 1.72. The van der Waals surface area contributed by atoms with E-state index in [1.165, 1.54) is 0 Å². The van der Waals surface area contributed by atoms with Crippen molar-refractivity contribution < 1.29 is 9.47 Å². The number of nitrogens with one attached hydrogen (secondary N) is 1. The van der Waals surface area contributed by atoms with Crippen LogP contribution in [0.3, 0.4) is 0 Å². The van der Waals surface area contributed by atoms with Crippen molar-refractivity contribution in [3.8, 4) is 11.5 Å². The lowest BCUT2D eigenvalue weighted by atomic mass is 10.2. The third kappa shape index (κ3) is 4.14. The number of benzene rings is 2. The molecule has 25 heavy (non-hydrogen) atoms. The molecule has 3 rings (SSSR count). The van der Waals surface area contributed by atoms with Gasteiger partial charge in [-0.25, -0.2) is 0 Å². The molecule has 1 aliphatic heterocycles. The van der Waals surface area contributed by atoms with Gasteiger partial charge in [-0.3, -0.25) is 0 Å². The summed E-state index contributed by atoms with van der Waals surface area (Å²) in [6.07, 6.45) is 0. The first-order valence-electron chi connectivity index (χ1n) is 8.29. The summed E-state index contributed by atoms with van der Waals surface area (Å²) < 4.78 is 10.7. The number of hydrogen-bond acceptors (Lipinski definition) is 4. The van der Waals surface area contributed by atoms with E-state index in [4.69, 9.17) is 21.7 Å². The van der Waals surface area contributed by atoms with Crippen molar-refractivity contribution in [2.45, 2.75) is 0 Å². The largest absolute Gasteiger partial charge is 0.497 e. The van der Waals surface area contributed by atoms with Crippen molar-refractivity contribution in [2.75, 3.05) is 50.6 Å². The van der Waals surface area contributed by atoms with Crippen molar-refractivity contribution >= 4 is 28.7 Å². The van der Waals surface area contributed by atoms with E-state index in [2.05, 4.69) is 21.2 Å². The first-order chi connectivity index (χ1) is 12.2. The predicted octanol–water partition coefficient (Wildman–Crippen LogP) is 3.22. The van der Waals surface area contributed by atoms with E-state index in [1.54, 1.807) is 14.2 Å². The standard InChI is InChI=1S/C19H23N3O2S/c1-23-16-7-5-6-15(14-16)20-19(25)22-12-10-21(11-13-22)17-8-3-4-9-18(17)24-2/h3-9,14H,10-13H2,1-2H3,(H,20,25). The van der Waals surface area contributed by atoms with Crippen LogP contribution in [0.4, 0.5) is 11.4 Å². The van der Waals surface area contributed by atoms with Crippen LogP contribution in [0.1, 0.15) is 0 Å². The normalized spacial score (nSPS) is 14.2. The second-order valence-electron chi connectivity index (χ2n) is 5.81. The number of nitrogens with zero attached hydrogens (tertiary/aromatic N) is 2. The molecule has 6 heteroatoms. The molecule has 0 amide bonds. The van der Waals surface area contributed by atoms with E-state index >= 15 is 0 Å². The molecule has 132 valence electrons. The minimum Gasteiger partial charge on any atom is -0.497 e. The van der Waals surface area contributed by atoms with Gasteiger partial charge in [-0.15, -0.1) is 0 Å². The van der Waals surface area contributed by atoms with Crippen LogP contribution in [-0.4, -0.2) is 50.4 Å². The number of thiocarbonyl (C=S) groups is 1. The van der Waals surface area contributed by atoms with Crippen molar-refractivity contribution in [1.82, 2.24) is 4.90 Å². The summed E-state index contributed by atoms with van der Waals surface area (Å²) in [5.41, 5.74) is 2.08. The fourth-order valence-corrected chi connectivity index (χ4v) is 3.25. The molecule has 1 saturated heterocycles. The third-order valence-corrected chi connectivity index (χ3v) is 4.67. The topological polar surface area (TPSA) is 37.0 Å². The summed E-state index contributed by atoms with van der Waals surface area (Å²) >= 11 is 5.57. The van der Waals surface area contributed by atoms with Crippen LogP contribution < -0.4 is 19.7 Å². The van der Waals surface area contributed by atoms with Gasteiger partial charge >= 0.3 is 0 Å². The minimum atomic E-state index is 0.743. The highest BCUT2D eigenvalue weighted by molar-refractivity contribution is 7.80. The number of piperazine rings is 1. The van der Waals surface area contributed by atoms with Gasteiger partial charge in [0.25, 0.3) is 0 Å². The Bertz CT molecular complexity index is 730. The number of hydrogen-bond donors (Lipinski definition) is 1. The fraction of sp³-hybridized carbons (Fsp3) is 0.316. The van der Waals surface area contributed by atoms with E-state index in [0.717, 1.165) is 54.2 Å². The molecule has 1 heterocycles. The molecule has 5 nitrogen and oxygen atoms in total. The lowest BCUT2D eigenvalue weighted by Crippen LogP contribution is -2.50. The Labute approximate surface area is 154 Å². The zero-order valence-electron chi connectivity index (χ0n) is 14.6. The lowest BCUT2D eigenvalue weighted by molar-refractivity contribution is 0.382. The molecule has 0 spiro atoms. The molecule has 2 aromatic rings. The summed E-state index contributed by atoms with van der Waals surface area (Å²) in [6, 6.07) is 15.9. The van der Waals surface area contributed by atoms with Crippen molar-refractivity contribution in [1.29, 1.82) is 0 Å². The lowest BCUT2D eigenvalue weighted by Gasteiger charge is -2.37. The van der Waals surface area contributed by atoms with E-state index in [0.29, 0.717) is 0 Å². The van der Waals surface area contributed by atoms with Gasteiger partial charge in [0.2, 0.25) is 0 Å². The number of anilines is 2. The van der Waals surface area contributed by atoms with Crippen LogP contribution in [0.2, 0.25) is 0 Å². The van der Waals surface area contributed by atoms with E-state index in [9.17, 15) is 0 Å². The maximum Gasteiger partial charge on any atom is 0.173 e. The summed E-state index contributed by atoms with van der Waals surface area (Å²) in [7, 11) is 3.37. The van der Waals surface area contributed by atoms with Gasteiger partial charge in [-0.1, -0.05) is 18.2 Å². The maximum absolute atomic E-state index is 5.57. The van der Waals surface area contributed by atoms with Crippen LogP contribution in [-0.2, 0) is 0 Å². The van der Waals surface area contributed by atoms with Gasteiger partial charge in [0.15, 0.2) is 5.11 Å². The SMILES string of the molecule is COc1cccc(NC(=S)N2CCN(c3ccccc3OC)CC2)c1. The van der Waals surface area contributed by atoms with Crippen LogP contribution >= 0.6 is 12.2 Å². The van der Waals surface area contributed by atoms with Crippen molar-refractivity contribution in [3.05, 3.63) is 48.5 Å². The van der Waals surface area contributed by atoms with Gasteiger partial charge in [-0.05, 0) is 36.5 Å². The molecule has 0 radical (unpaired) electrons. The van der Waals surface area contributed by atoms with Crippen LogP contribution in [0, 0.1) is 0 Å². The van der Waals surface area contributed by atoms with Crippen LogP contribution in [0.15, 0.2) is 48.5 Å². The first-order valence-corrected chi connectivity index (χ1v) is 8.70. The number of para-hydroxylation sites is 2. The van der Waals surface area contributed by atoms with Gasteiger partial charge < -0.3 is 24.6 Å². The molecule has 0 atom stereocenters. The minimum absolute atomic E-state index is 0.743. The van der Waals surface area contributed by atoms with Crippen molar-refractivity contribution in [2.24, 2.45) is 0 Å². The molecule has 0 aromatic heterocycles. The Balaban J connectivity index is 1.59. The molecule has 1 N–H and O–H groups in total. The Morgan fingerprint density at radius 1 is 0.960 bits per heavy atom. The summed E-state index contributed by atoms with van der Waals surface area (Å²) in [6.45, 7) is 3.54. The van der Waals surface area contributed by atoms with Gasteiger partial charge in [-0.2, -0.15) is 0 Å². The summed E-state index contributed by atoms with van der Waals surface area (Å²) in [4.78, 5) is 4.53. The first kappa shape index (κ1) is 17.4. The number of ether oxygens (including phenoxy) is 2. The molecule has 0 saturated carbocycles. The second-order valence-corrected chi connectivity index (χ2v) is 6.19. The molecular weight excluding hydrogens is 334 g/mol. The molecule has 0 unspecified atom stereocenters. The number of rotatable bonds is 4. The third-order valence-electron chi connectivity index (χ3n) is 4.31. The molecule has 1 fully saturated rings. The molecule has 0 bridgehead atoms. The second kappa shape index (κ2) is 8.07. The van der Waals surface area contributed by atoms with Gasteiger partial charge in [0, 0.05) is 37.9 Å². The van der Waals surface area contributed by atoms with Crippen LogP contribution in [0.25, 0.3) is 0 Å². The Morgan fingerprint density at radius 3 is 2.44 bits per heavy atom. The predicted molar refractivity (Wildman–Crippen MR) is 106 cm³/mol. The zero-order chi connectivity index (χ0) is 17.6. The molecule has 1 aliphatic rings. The Kier molecular flexibility index (Phi) is 5.60. The highest BCUT2D eigenvalue weighted by Crippen LogP contribution is 2.28. The maximum atomic E-state index is 5.57. The number of methoxy groups -OCH3 is 2. The van der Waals surface area contributed by atoms with E-state index in [1.807, 2.05) is 42.5 Å². The Morgan fingerprint density at radius 2 is 1.72 bits per heavy atom. The Hall–Kier alpha value is -2.47. The van der Waals surface area contributed by atoms with Gasteiger partial charge in [0.1, 0.15) is 11.5 Å². The van der Waals surface area contributed by atoms with E-state index < -0.39 is 0 Å². The highest BCUT2D eigenvalue weighted by atomic mass is 32.1. The molecular formula is C19H23N3O2S. The fourth-order valence-electron chi connectivity index (χ4n) is 2.94. The molecule has 2 aromatic carbocycles. The van der Waals surface area contributed by atoms with Gasteiger partial charge in [0.05, 0.1) is 19.9 Å². The molecule has 0 aliphatic carbocycles. The average molecular weight is 357 g/mol. The monoisotopic (exact) mass is 357 g/mol. The van der Waals surface area contributed by atoms with Crippen LogP contribution in [0.5, 0.6) is 11.5 Å². The summed E-state index contributed by atoms with van der Waals surface area (Å²) in [5, 5.41) is 4.04. The quantitative estimate of drug-likeness (QED) is 0.847. The smallest absolute Gasteiger partial charge is 0.173 e. The zero-order valence-corrected chi connectivity index (χ0v) is 15.4. The van der Waals surface area contributed by atoms with Crippen molar-refractivity contribution in [3.63, 3.8) is 0 Å².